The number of aryl methyl sites for hydroxylation is 2. The maximum atomic E-state index is 6.09. The first-order valence-electron chi connectivity index (χ1n) is 9.31. The van der Waals surface area contributed by atoms with Crippen molar-refractivity contribution < 1.29 is 4.74 Å². The van der Waals surface area contributed by atoms with Gasteiger partial charge in [0.05, 0.1) is 22.9 Å². The van der Waals surface area contributed by atoms with Gasteiger partial charge in [0.1, 0.15) is 28.5 Å². The van der Waals surface area contributed by atoms with Crippen molar-refractivity contribution in [3.63, 3.8) is 0 Å². The van der Waals surface area contributed by atoms with E-state index in [4.69, 9.17) is 16.3 Å². The lowest BCUT2D eigenvalue weighted by Crippen LogP contribution is -1.98. The zero-order valence-electron chi connectivity index (χ0n) is 16.3. The lowest BCUT2D eigenvalue weighted by molar-refractivity contribution is 0.479. The number of ether oxygens (including phenoxy) is 1. The minimum Gasteiger partial charge on any atom is -0.457 e. The number of nitrogens with one attached hydrogen (secondary N) is 1. The van der Waals surface area contributed by atoms with Gasteiger partial charge in [0, 0.05) is 18.8 Å². The van der Waals surface area contributed by atoms with Crippen molar-refractivity contribution in [1.82, 2.24) is 24.5 Å². The first kappa shape index (κ1) is 18.3. The number of halogens is 1. The molecule has 0 unspecified atom stereocenters. The Balaban J connectivity index is 1.41. The Kier molecular flexibility index (Phi) is 4.44. The van der Waals surface area contributed by atoms with E-state index in [2.05, 4.69) is 25.3 Å². The van der Waals surface area contributed by atoms with Crippen molar-refractivity contribution in [2.75, 3.05) is 5.32 Å². The van der Waals surface area contributed by atoms with Gasteiger partial charge in [-0.15, -0.1) is 0 Å². The van der Waals surface area contributed by atoms with Crippen LogP contribution < -0.4 is 10.1 Å². The van der Waals surface area contributed by atoms with Gasteiger partial charge in [0.15, 0.2) is 5.82 Å². The number of hydrogen-bond donors (Lipinski definition) is 1. The van der Waals surface area contributed by atoms with Crippen LogP contribution in [0.15, 0.2) is 61.2 Å². The van der Waals surface area contributed by atoms with Crippen molar-refractivity contribution in [1.29, 1.82) is 0 Å². The summed E-state index contributed by atoms with van der Waals surface area (Å²) in [6.07, 6.45) is 3.29. The topological polar surface area (TPSA) is 77.8 Å². The number of hydrogen-bond acceptors (Lipinski definition) is 6. The van der Waals surface area contributed by atoms with Crippen LogP contribution in [0.4, 0.5) is 11.5 Å². The Morgan fingerprint density at radius 2 is 1.87 bits per heavy atom. The molecule has 5 aromatic rings. The summed E-state index contributed by atoms with van der Waals surface area (Å²) in [4.78, 5) is 17.3. The zero-order valence-corrected chi connectivity index (χ0v) is 17.1. The summed E-state index contributed by atoms with van der Waals surface area (Å²) in [6, 6.07) is 15.2. The van der Waals surface area contributed by atoms with Gasteiger partial charge in [-0.2, -0.15) is 0 Å². The third-order valence-electron chi connectivity index (χ3n) is 4.81. The Morgan fingerprint density at radius 3 is 2.73 bits per heavy atom. The first-order valence-corrected chi connectivity index (χ1v) is 9.68. The summed E-state index contributed by atoms with van der Waals surface area (Å²) in [5.41, 5.74) is 5.13. The van der Waals surface area contributed by atoms with Crippen molar-refractivity contribution in [3.8, 4) is 11.5 Å². The number of rotatable bonds is 4. The highest BCUT2D eigenvalue weighted by Crippen LogP contribution is 2.30. The Hall–Kier alpha value is -3.71. The van der Waals surface area contributed by atoms with Crippen LogP contribution in [-0.4, -0.2) is 24.5 Å². The van der Waals surface area contributed by atoms with Gasteiger partial charge in [0.2, 0.25) is 0 Å². The molecule has 0 bridgehead atoms. The first-order chi connectivity index (χ1) is 14.6. The molecule has 0 fully saturated rings. The molecule has 5 rings (SSSR count). The van der Waals surface area contributed by atoms with Crippen LogP contribution in [0.1, 0.15) is 5.56 Å². The zero-order chi connectivity index (χ0) is 20.7. The van der Waals surface area contributed by atoms with E-state index in [0.29, 0.717) is 16.5 Å². The summed E-state index contributed by atoms with van der Waals surface area (Å²) < 4.78 is 8.06. The standard InChI is InChI=1S/C22H17ClN6O/c1-13-9-14(27-22-21-16(24-11-25-22)5-8-20(23)28-21)3-7-19(13)30-15-4-6-18-17(10-15)26-12-29(18)2/h3-12H,1-2H3,(H,24,25,27). The molecule has 0 spiro atoms. The second-order valence-electron chi connectivity index (χ2n) is 6.94. The Morgan fingerprint density at radius 1 is 0.967 bits per heavy atom. The lowest BCUT2D eigenvalue weighted by Gasteiger charge is -2.12. The van der Waals surface area contributed by atoms with Crippen molar-refractivity contribution in [2.24, 2.45) is 7.05 Å². The van der Waals surface area contributed by atoms with Crippen LogP contribution in [0.2, 0.25) is 5.15 Å². The molecule has 0 saturated heterocycles. The van der Waals surface area contributed by atoms with E-state index in [-0.39, 0.29) is 0 Å². The summed E-state index contributed by atoms with van der Waals surface area (Å²) >= 11 is 6.04. The maximum Gasteiger partial charge on any atom is 0.160 e. The molecule has 0 saturated carbocycles. The molecule has 0 aliphatic heterocycles. The fraction of sp³-hybridized carbons (Fsp3) is 0.0909. The minimum absolute atomic E-state index is 0.394. The molecule has 0 atom stereocenters. The summed E-state index contributed by atoms with van der Waals surface area (Å²) in [7, 11) is 1.97. The number of nitrogens with zero attached hydrogens (tertiary/aromatic N) is 5. The quantitative estimate of drug-likeness (QED) is 0.395. The van der Waals surface area contributed by atoms with Crippen molar-refractivity contribution in [2.45, 2.75) is 6.92 Å². The third kappa shape index (κ3) is 3.40. The van der Waals surface area contributed by atoms with Crippen molar-refractivity contribution >= 4 is 45.2 Å². The van der Waals surface area contributed by atoms with Gasteiger partial charge in [0.25, 0.3) is 0 Å². The fourth-order valence-corrected chi connectivity index (χ4v) is 3.44. The van der Waals surface area contributed by atoms with E-state index >= 15 is 0 Å². The van der Waals surface area contributed by atoms with Crippen LogP contribution in [0.25, 0.3) is 22.1 Å². The van der Waals surface area contributed by atoms with Gasteiger partial charge < -0.3 is 14.6 Å². The highest BCUT2D eigenvalue weighted by atomic mass is 35.5. The normalized spacial score (nSPS) is 11.2. The van der Waals surface area contributed by atoms with Gasteiger partial charge in [-0.05, 0) is 55.0 Å². The summed E-state index contributed by atoms with van der Waals surface area (Å²) in [5, 5.41) is 3.69. The molecule has 0 aliphatic rings. The van der Waals surface area contributed by atoms with Crippen LogP contribution >= 0.6 is 11.6 Å². The van der Waals surface area contributed by atoms with Crippen LogP contribution in [-0.2, 0) is 7.05 Å². The van der Waals surface area contributed by atoms with Gasteiger partial charge in [-0.1, -0.05) is 11.6 Å². The molecule has 1 N–H and O–H groups in total. The molecule has 3 aromatic heterocycles. The number of imidazole rings is 1. The number of pyridine rings is 1. The monoisotopic (exact) mass is 416 g/mol. The van der Waals surface area contributed by atoms with E-state index in [1.807, 2.05) is 61.0 Å². The number of benzene rings is 2. The predicted molar refractivity (Wildman–Crippen MR) is 118 cm³/mol. The fourth-order valence-electron chi connectivity index (χ4n) is 3.29. The maximum absolute atomic E-state index is 6.09. The second-order valence-corrected chi connectivity index (χ2v) is 7.32. The smallest absolute Gasteiger partial charge is 0.160 e. The predicted octanol–water partition coefficient (Wildman–Crippen LogP) is 5.41. The van der Waals surface area contributed by atoms with Gasteiger partial charge in [-0.25, -0.2) is 19.9 Å². The largest absolute Gasteiger partial charge is 0.457 e. The Bertz CT molecular complexity index is 1400. The van der Waals surface area contributed by atoms with Gasteiger partial charge >= 0.3 is 0 Å². The highest BCUT2D eigenvalue weighted by Gasteiger charge is 2.09. The summed E-state index contributed by atoms with van der Waals surface area (Å²) in [6.45, 7) is 1.99. The number of aromatic nitrogens is 5. The molecule has 2 aromatic carbocycles. The van der Waals surface area contributed by atoms with Crippen LogP contribution in [0.5, 0.6) is 11.5 Å². The molecule has 3 heterocycles. The molecular weight excluding hydrogens is 400 g/mol. The van der Waals surface area contributed by atoms with Crippen LogP contribution in [0, 0.1) is 6.92 Å². The number of fused-ring (bicyclic) bond motifs is 2. The molecule has 0 radical (unpaired) electrons. The molecule has 30 heavy (non-hydrogen) atoms. The van der Waals surface area contributed by atoms with E-state index in [0.717, 1.165) is 39.3 Å². The lowest BCUT2D eigenvalue weighted by atomic mass is 10.2. The highest BCUT2D eigenvalue weighted by molar-refractivity contribution is 6.29. The number of anilines is 2. The third-order valence-corrected chi connectivity index (χ3v) is 5.02. The van der Waals surface area contributed by atoms with Crippen LogP contribution in [0.3, 0.4) is 0 Å². The average molecular weight is 417 g/mol. The molecule has 148 valence electrons. The molecule has 7 nitrogen and oxygen atoms in total. The molecular formula is C22H17ClN6O. The summed E-state index contributed by atoms with van der Waals surface area (Å²) in [5.74, 6) is 2.10. The molecule has 8 heteroatoms. The van der Waals surface area contributed by atoms with E-state index in [1.165, 1.54) is 6.33 Å². The van der Waals surface area contributed by atoms with E-state index in [9.17, 15) is 0 Å². The second kappa shape index (κ2) is 7.27. The molecule has 0 amide bonds. The Labute approximate surface area is 177 Å². The average Bonchev–Trinajstić information content (AvgIpc) is 3.11. The van der Waals surface area contributed by atoms with E-state index in [1.54, 1.807) is 12.4 Å². The van der Waals surface area contributed by atoms with E-state index < -0.39 is 0 Å². The minimum atomic E-state index is 0.394. The molecule has 0 aliphatic carbocycles. The van der Waals surface area contributed by atoms with Gasteiger partial charge in [-0.3, -0.25) is 0 Å². The SMILES string of the molecule is Cc1cc(Nc2ncnc3ccc(Cl)nc23)ccc1Oc1ccc2c(c1)ncn2C. The van der Waals surface area contributed by atoms with Crippen molar-refractivity contribution in [3.05, 3.63) is 71.9 Å².